The summed E-state index contributed by atoms with van der Waals surface area (Å²) in [5.74, 6) is 1.87. The van der Waals surface area contributed by atoms with Crippen molar-refractivity contribution < 1.29 is 0 Å². The molecule has 0 saturated carbocycles. The molecule has 0 radical (unpaired) electrons. The molecule has 2 nitrogen and oxygen atoms in total. The molecule has 2 heteroatoms. The summed E-state index contributed by atoms with van der Waals surface area (Å²) in [6.07, 6.45) is 9.62. The molecule has 1 heterocycles. The smallest absolute Gasteiger partial charge is 0.000956 e. The van der Waals surface area contributed by atoms with Crippen molar-refractivity contribution in [3.8, 4) is 0 Å². The summed E-state index contributed by atoms with van der Waals surface area (Å²) >= 11 is 0. The van der Waals surface area contributed by atoms with E-state index in [0.29, 0.717) is 0 Å². The molecular formula is C17H36N2. The first-order valence-corrected chi connectivity index (χ1v) is 8.73. The molecule has 0 aromatic rings. The van der Waals surface area contributed by atoms with Crippen molar-refractivity contribution in [2.75, 3.05) is 32.7 Å². The van der Waals surface area contributed by atoms with Crippen LogP contribution in [0.15, 0.2) is 0 Å². The lowest BCUT2D eigenvalue weighted by Gasteiger charge is -2.34. The van der Waals surface area contributed by atoms with Crippen molar-refractivity contribution in [2.24, 2.45) is 11.8 Å². The van der Waals surface area contributed by atoms with Gasteiger partial charge in [-0.1, -0.05) is 40.0 Å². The molecule has 19 heavy (non-hydrogen) atoms. The third-order valence-corrected chi connectivity index (χ3v) is 4.63. The second-order valence-corrected chi connectivity index (χ2v) is 6.36. The van der Waals surface area contributed by atoms with Crippen molar-refractivity contribution in [1.82, 2.24) is 10.2 Å². The molecule has 1 N–H and O–H groups in total. The number of hydrogen-bond acceptors (Lipinski definition) is 2. The molecule has 1 aliphatic heterocycles. The molecule has 0 aromatic heterocycles. The van der Waals surface area contributed by atoms with Crippen LogP contribution in [0.1, 0.15) is 65.7 Å². The van der Waals surface area contributed by atoms with Crippen molar-refractivity contribution in [1.29, 1.82) is 0 Å². The molecule has 1 unspecified atom stereocenters. The molecular weight excluding hydrogens is 232 g/mol. The zero-order valence-corrected chi connectivity index (χ0v) is 13.6. The summed E-state index contributed by atoms with van der Waals surface area (Å²) in [5.41, 5.74) is 0. The quantitative estimate of drug-likeness (QED) is 0.604. The van der Waals surface area contributed by atoms with Crippen LogP contribution in [0.2, 0.25) is 0 Å². The Labute approximate surface area is 121 Å². The molecule has 0 aromatic carbocycles. The Bertz CT molecular complexity index is 197. The molecule has 0 bridgehead atoms. The van der Waals surface area contributed by atoms with Gasteiger partial charge in [0, 0.05) is 6.54 Å². The molecule has 1 saturated heterocycles. The van der Waals surface area contributed by atoms with Gasteiger partial charge in [-0.15, -0.1) is 0 Å². The Morgan fingerprint density at radius 3 is 2.42 bits per heavy atom. The highest BCUT2D eigenvalue weighted by molar-refractivity contribution is 4.75. The van der Waals surface area contributed by atoms with Gasteiger partial charge in [-0.05, 0) is 63.7 Å². The van der Waals surface area contributed by atoms with E-state index < -0.39 is 0 Å². The molecule has 1 atom stereocenters. The van der Waals surface area contributed by atoms with Gasteiger partial charge in [0.2, 0.25) is 0 Å². The molecule has 0 aliphatic carbocycles. The third-order valence-electron chi connectivity index (χ3n) is 4.63. The van der Waals surface area contributed by atoms with E-state index in [2.05, 4.69) is 31.0 Å². The van der Waals surface area contributed by atoms with Crippen LogP contribution in [0, 0.1) is 11.8 Å². The maximum Gasteiger partial charge on any atom is 0.000956 e. The van der Waals surface area contributed by atoms with Crippen LogP contribution in [0.5, 0.6) is 0 Å². The first-order chi connectivity index (χ1) is 9.30. The van der Waals surface area contributed by atoms with Crippen LogP contribution in [0.4, 0.5) is 0 Å². The molecule has 114 valence electrons. The lowest BCUT2D eigenvalue weighted by molar-refractivity contribution is 0.153. The maximum atomic E-state index is 3.58. The number of nitrogens with zero attached hydrogens (tertiary/aromatic N) is 1. The Hall–Kier alpha value is -0.0800. The van der Waals surface area contributed by atoms with E-state index in [1.165, 1.54) is 77.7 Å². The largest absolute Gasteiger partial charge is 0.316 e. The molecule has 0 amide bonds. The molecule has 1 aliphatic rings. The van der Waals surface area contributed by atoms with Crippen molar-refractivity contribution in [3.05, 3.63) is 0 Å². The van der Waals surface area contributed by atoms with E-state index in [-0.39, 0.29) is 0 Å². The second kappa shape index (κ2) is 10.7. The third kappa shape index (κ3) is 7.31. The van der Waals surface area contributed by atoms with Gasteiger partial charge in [0.15, 0.2) is 0 Å². The van der Waals surface area contributed by atoms with Gasteiger partial charge in [-0.3, -0.25) is 0 Å². The van der Waals surface area contributed by atoms with Gasteiger partial charge in [0.1, 0.15) is 0 Å². The average Bonchev–Trinajstić information content (AvgIpc) is 2.45. The molecule has 1 fully saturated rings. The van der Waals surface area contributed by atoms with Crippen LogP contribution in [0.25, 0.3) is 0 Å². The normalized spacial score (nSPS) is 19.7. The lowest BCUT2D eigenvalue weighted by Crippen LogP contribution is -2.39. The number of hydrogen-bond donors (Lipinski definition) is 1. The van der Waals surface area contributed by atoms with Crippen LogP contribution >= 0.6 is 0 Å². The monoisotopic (exact) mass is 268 g/mol. The summed E-state index contributed by atoms with van der Waals surface area (Å²) in [6.45, 7) is 13.4. The van der Waals surface area contributed by atoms with Crippen molar-refractivity contribution >= 4 is 0 Å². The van der Waals surface area contributed by atoms with Crippen LogP contribution < -0.4 is 5.32 Å². The first kappa shape index (κ1) is 17.0. The zero-order valence-electron chi connectivity index (χ0n) is 13.6. The van der Waals surface area contributed by atoms with Crippen molar-refractivity contribution in [3.63, 3.8) is 0 Å². The predicted molar refractivity (Wildman–Crippen MR) is 85.6 cm³/mol. The Morgan fingerprint density at radius 1 is 1.11 bits per heavy atom. The highest BCUT2D eigenvalue weighted by Crippen LogP contribution is 2.20. The Morgan fingerprint density at radius 2 is 1.84 bits per heavy atom. The fourth-order valence-corrected chi connectivity index (χ4v) is 3.14. The lowest BCUT2D eigenvalue weighted by atomic mass is 9.94. The average molecular weight is 268 g/mol. The van der Waals surface area contributed by atoms with Gasteiger partial charge in [-0.2, -0.15) is 0 Å². The van der Waals surface area contributed by atoms with E-state index in [1.807, 2.05) is 0 Å². The van der Waals surface area contributed by atoms with E-state index in [0.717, 1.165) is 11.8 Å². The van der Waals surface area contributed by atoms with E-state index in [9.17, 15) is 0 Å². The summed E-state index contributed by atoms with van der Waals surface area (Å²) in [4.78, 5) is 2.72. The zero-order chi connectivity index (χ0) is 13.9. The van der Waals surface area contributed by atoms with Gasteiger partial charge in [-0.25, -0.2) is 0 Å². The number of unbranched alkanes of at least 4 members (excludes halogenated alkanes) is 1. The fraction of sp³-hybridized carbons (Fsp3) is 1.00. The van der Waals surface area contributed by atoms with Crippen LogP contribution in [-0.2, 0) is 0 Å². The molecule has 0 spiro atoms. The minimum absolute atomic E-state index is 0.929. The minimum atomic E-state index is 0.929. The number of likely N-dealkylation sites (tertiary alicyclic amines) is 1. The number of rotatable bonds is 10. The predicted octanol–water partition coefficient (Wildman–Crippen LogP) is 3.91. The Balaban J connectivity index is 2.14. The van der Waals surface area contributed by atoms with Crippen LogP contribution in [0.3, 0.4) is 0 Å². The van der Waals surface area contributed by atoms with Gasteiger partial charge >= 0.3 is 0 Å². The van der Waals surface area contributed by atoms with Gasteiger partial charge in [0.05, 0.1) is 0 Å². The van der Waals surface area contributed by atoms with E-state index >= 15 is 0 Å². The summed E-state index contributed by atoms with van der Waals surface area (Å²) < 4.78 is 0. The highest BCUT2D eigenvalue weighted by Gasteiger charge is 2.20. The second-order valence-electron chi connectivity index (χ2n) is 6.36. The summed E-state index contributed by atoms with van der Waals surface area (Å²) in [6, 6.07) is 0. The van der Waals surface area contributed by atoms with E-state index in [4.69, 9.17) is 0 Å². The summed E-state index contributed by atoms with van der Waals surface area (Å²) in [5, 5.41) is 3.58. The first-order valence-electron chi connectivity index (χ1n) is 8.73. The topological polar surface area (TPSA) is 15.3 Å². The number of nitrogens with one attached hydrogen (secondary N) is 1. The molecule has 1 rings (SSSR count). The minimum Gasteiger partial charge on any atom is -0.316 e. The fourth-order valence-electron chi connectivity index (χ4n) is 3.14. The summed E-state index contributed by atoms with van der Waals surface area (Å²) in [7, 11) is 0. The maximum absolute atomic E-state index is 3.58. The van der Waals surface area contributed by atoms with Crippen molar-refractivity contribution in [2.45, 2.75) is 65.7 Å². The SMILES string of the molecule is CCCCC(CC)CN1CCC(CNCCC)CC1. The highest BCUT2D eigenvalue weighted by atomic mass is 15.1. The Kier molecular flexibility index (Phi) is 9.54. The van der Waals surface area contributed by atoms with E-state index in [1.54, 1.807) is 0 Å². The van der Waals surface area contributed by atoms with Gasteiger partial charge in [0.25, 0.3) is 0 Å². The van der Waals surface area contributed by atoms with Crippen LogP contribution in [-0.4, -0.2) is 37.6 Å². The van der Waals surface area contributed by atoms with Gasteiger partial charge < -0.3 is 10.2 Å². The standard InChI is InChI=1S/C17H36N2/c1-4-7-8-16(6-3)15-19-12-9-17(10-13-19)14-18-11-5-2/h16-18H,4-15H2,1-3H3. The number of piperidine rings is 1.